The smallest absolute Gasteiger partial charge is 0.137 e. The van der Waals surface area contributed by atoms with Crippen molar-refractivity contribution in [2.45, 2.75) is 19.1 Å². The number of nitrogens with one attached hydrogen (secondary N) is 1. The van der Waals surface area contributed by atoms with Gasteiger partial charge in [0.2, 0.25) is 0 Å². The molecular weight excluding hydrogens is 232 g/mol. The monoisotopic (exact) mass is 252 g/mol. The summed E-state index contributed by atoms with van der Waals surface area (Å²) in [7, 11) is 5.29. The molecule has 100 valence electrons. The molecule has 0 aliphatic carbocycles. The van der Waals surface area contributed by atoms with Gasteiger partial charge in [0.25, 0.3) is 0 Å². The lowest BCUT2D eigenvalue weighted by Crippen LogP contribution is -2.27. The fourth-order valence-corrected chi connectivity index (χ4v) is 2.38. The maximum atomic E-state index is 5.44. The number of hydrogen-bond acceptors (Lipinski definition) is 6. The van der Waals surface area contributed by atoms with Crippen LogP contribution in [0.3, 0.4) is 0 Å². The maximum Gasteiger partial charge on any atom is 0.137 e. The summed E-state index contributed by atoms with van der Waals surface area (Å²) in [6, 6.07) is 0. The molecule has 0 bridgehead atoms. The zero-order chi connectivity index (χ0) is 13.1. The SMILES string of the molecule is CNc1ncnc(N2CC(OC)C(OC)C2)c1C. The summed E-state index contributed by atoms with van der Waals surface area (Å²) >= 11 is 0. The second-order valence-corrected chi connectivity index (χ2v) is 4.37. The molecule has 6 heteroatoms. The second-order valence-electron chi connectivity index (χ2n) is 4.37. The van der Waals surface area contributed by atoms with Crippen LogP contribution in [0.2, 0.25) is 0 Å². The molecule has 6 nitrogen and oxygen atoms in total. The third kappa shape index (κ3) is 2.26. The third-order valence-corrected chi connectivity index (χ3v) is 3.41. The Morgan fingerprint density at radius 3 is 2.33 bits per heavy atom. The van der Waals surface area contributed by atoms with Gasteiger partial charge in [0.05, 0.1) is 0 Å². The van der Waals surface area contributed by atoms with E-state index in [1.807, 2.05) is 14.0 Å². The van der Waals surface area contributed by atoms with Crippen LogP contribution in [-0.4, -0.2) is 56.5 Å². The molecule has 18 heavy (non-hydrogen) atoms. The van der Waals surface area contributed by atoms with Crippen LogP contribution in [0, 0.1) is 6.92 Å². The molecule has 1 aromatic rings. The minimum atomic E-state index is 0.0856. The molecule has 0 spiro atoms. The number of ether oxygens (including phenoxy) is 2. The average Bonchev–Trinajstić information content (AvgIpc) is 2.82. The highest BCUT2D eigenvalue weighted by Crippen LogP contribution is 2.26. The fraction of sp³-hybridized carbons (Fsp3) is 0.667. The zero-order valence-corrected chi connectivity index (χ0v) is 11.3. The lowest BCUT2D eigenvalue weighted by molar-refractivity contribution is -0.00461. The van der Waals surface area contributed by atoms with Crippen molar-refractivity contribution in [2.75, 3.05) is 44.6 Å². The molecule has 1 saturated heterocycles. The first-order chi connectivity index (χ1) is 8.71. The molecule has 1 aromatic heterocycles. The third-order valence-electron chi connectivity index (χ3n) is 3.41. The summed E-state index contributed by atoms with van der Waals surface area (Å²) in [5.41, 5.74) is 1.05. The summed E-state index contributed by atoms with van der Waals surface area (Å²) in [5, 5.41) is 3.07. The van der Waals surface area contributed by atoms with Gasteiger partial charge < -0.3 is 19.7 Å². The standard InChI is InChI=1S/C12H20N4O2/c1-8-11(13-2)14-7-15-12(8)16-5-9(17-3)10(6-16)18-4/h7,9-10H,5-6H2,1-4H3,(H,13,14,15). The van der Waals surface area contributed by atoms with E-state index in [0.717, 1.165) is 30.3 Å². The predicted octanol–water partition coefficient (Wildman–Crippen LogP) is 0.677. The Morgan fingerprint density at radius 2 is 1.83 bits per heavy atom. The second kappa shape index (κ2) is 5.49. The Labute approximate surface area is 107 Å². The first-order valence-corrected chi connectivity index (χ1v) is 6.01. The van der Waals surface area contributed by atoms with Gasteiger partial charge in [0.15, 0.2) is 0 Å². The Kier molecular flexibility index (Phi) is 3.98. The number of hydrogen-bond donors (Lipinski definition) is 1. The van der Waals surface area contributed by atoms with E-state index in [0.29, 0.717) is 0 Å². The van der Waals surface area contributed by atoms with Gasteiger partial charge in [0.1, 0.15) is 30.2 Å². The molecule has 2 heterocycles. The van der Waals surface area contributed by atoms with Gasteiger partial charge >= 0.3 is 0 Å². The Morgan fingerprint density at radius 1 is 1.22 bits per heavy atom. The van der Waals surface area contributed by atoms with E-state index >= 15 is 0 Å². The van der Waals surface area contributed by atoms with Crippen molar-refractivity contribution in [1.82, 2.24) is 9.97 Å². The van der Waals surface area contributed by atoms with Gasteiger partial charge in [-0.2, -0.15) is 0 Å². The number of rotatable bonds is 4. The van der Waals surface area contributed by atoms with Crippen molar-refractivity contribution < 1.29 is 9.47 Å². The molecular formula is C12H20N4O2. The van der Waals surface area contributed by atoms with E-state index in [2.05, 4.69) is 20.2 Å². The average molecular weight is 252 g/mol. The highest BCUT2D eigenvalue weighted by molar-refractivity contribution is 5.58. The molecule has 1 aliphatic rings. The van der Waals surface area contributed by atoms with Crippen molar-refractivity contribution >= 4 is 11.6 Å². The van der Waals surface area contributed by atoms with Crippen molar-refractivity contribution in [3.05, 3.63) is 11.9 Å². The first-order valence-electron chi connectivity index (χ1n) is 6.01. The topological polar surface area (TPSA) is 59.5 Å². The Bertz CT molecular complexity index is 401. The van der Waals surface area contributed by atoms with Crippen molar-refractivity contribution in [3.63, 3.8) is 0 Å². The zero-order valence-electron chi connectivity index (χ0n) is 11.3. The van der Waals surface area contributed by atoms with Gasteiger partial charge in [0, 0.05) is 39.9 Å². The number of aromatic nitrogens is 2. The molecule has 2 rings (SSSR count). The minimum Gasteiger partial charge on any atom is -0.377 e. The van der Waals surface area contributed by atoms with Crippen LogP contribution in [0.25, 0.3) is 0 Å². The van der Waals surface area contributed by atoms with Crippen LogP contribution in [-0.2, 0) is 9.47 Å². The fourth-order valence-electron chi connectivity index (χ4n) is 2.38. The van der Waals surface area contributed by atoms with E-state index < -0.39 is 0 Å². The van der Waals surface area contributed by atoms with Gasteiger partial charge in [-0.3, -0.25) is 0 Å². The largest absolute Gasteiger partial charge is 0.377 e. The Hall–Kier alpha value is -1.40. The highest BCUT2D eigenvalue weighted by Gasteiger charge is 2.34. The summed E-state index contributed by atoms with van der Waals surface area (Å²) in [5.74, 6) is 1.80. The van der Waals surface area contributed by atoms with E-state index in [-0.39, 0.29) is 12.2 Å². The summed E-state index contributed by atoms with van der Waals surface area (Å²) in [4.78, 5) is 10.7. The minimum absolute atomic E-state index is 0.0856. The maximum absolute atomic E-state index is 5.44. The van der Waals surface area contributed by atoms with Crippen LogP contribution >= 0.6 is 0 Å². The van der Waals surface area contributed by atoms with Gasteiger partial charge in [-0.05, 0) is 6.92 Å². The predicted molar refractivity (Wildman–Crippen MR) is 70.1 cm³/mol. The highest BCUT2D eigenvalue weighted by atomic mass is 16.5. The summed E-state index contributed by atoms with van der Waals surface area (Å²) < 4.78 is 10.9. The summed E-state index contributed by atoms with van der Waals surface area (Å²) in [6.45, 7) is 3.59. The molecule has 0 saturated carbocycles. The van der Waals surface area contributed by atoms with Crippen LogP contribution in [0.1, 0.15) is 5.56 Å². The van der Waals surface area contributed by atoms with Crippen LogP contribution in [0.4, 0.5) is 11.6 Å². The molecule has 0 amide bonds. The van der Waals surface area contributed by atoms with E-state index in [1.165, 1.54) is 0 Å². The number of methoxy groups -OCH3 is 2. The van der Waals surface area contributed by atoms with Crippen LogP contribution in [0.15, 0.2) is 6.33 Å². The molecule has 0 radical (unpaired) electrons. The van der Waals surface area contributed by atoms with E-state index in [1.54, 1.807) is 20.5 Å². The van der Waals surface area contributed by atoms with Crippen LogP contribution in [0.5, 0.6) is 0 Å². The molecule has 0 aromatic carbocycles. The number of nitrogens with zero attached hydrogens (tertiary/aromatic N) is 3. The lowest BCUT2D eigenvalue weighted by Gasteiger charge is -2.19. The molecule has 2 atom stereocenters. The van der Waals surface area contributed by atoms with Crippen molar-refractivity contribution in [2.24, 2.45) is 0 Å². The van der Waals surface area contributed by atoms with Gasteiger partial charge in [-0.25, -0.2) is 9.97 Å². The molecule has 1 aliphatic heterocycles. The Balaban J connectivity index is 2.23. The molecule has 2 unspecified atom stereocenters. The normalized spacial score (nSPS) is 23.4. The van der Waals surface area contributed by atoms with Crippen LogP contribution < -0.4 is 10.2 Å². The first kappa shape index (κ1) is 13.0. The van der Waals surface area contributed by atoms with Crippen molar-refractivity contribution in [1.29, 1.82) is 0 Å². The summed E-state index contributed by atoms with van der Waals surface area (Å²) in [6.07, 6.45) is 1.75. The van der Waals surface area contributed by atoms with Gasteiger partial charge in [-0.1, -0.05) is 0 Å². The lowest BCUT2D eigenvalue weighted by atomic mass is 10.3. The van der Waals surface area contributed by atoms with Crippen molar-refractivity contribution in [3.8, 4) is 0 Å². The quantitative estimate of drug-likeness (QED) is 0.850. The molecule has 1 N–H and O–H groups in total. The number of anilines is 2. The van der Waals surface area contributed by atoms with Gasteiger partial charge in [-0.15, -0.1) is 0 Å². The van der Waals surface area contributed by atoms with E-state index in [9.17, 15) is 0 Å². The molecule has 1 fully saturated rings. The van der Waals surface area contributed by atoms with E-state index in [4.69, 9.17) is 9.47 Å².